The van der Waals surface area contributed by atoms with Crippen molar-refractivity contribution in [2.45, 2.75) is 91.6 Å². The van der Waals surface area contributed by atoms with E-state index < -0.39 is 11.6 Å². The highest BCUT2D eigenvalue weighted by atomic mass is 17.2. The summed E-state index contributed by atoms with van der Waals surface area (Å²) in [5.74, 6) is -0.0417. The number of phenols is 1. The molecule has 1 rings (SSSR count). The zero-order valence-electron chi connectivity index (χ0n) is 17.2. The maximum absolute atomic E-state index is 11.9. The largest absolute Gasteiger partial charge is 0.507 e. The van der Waals surface area contributed by atoms with Gasteiger partial charge in [-0.2, -0.15) is 4.89 Å². The molecule has 0 unspecified atom stereocenters. The Morgan fingerprint density at radius 1 is 0.920 bits per heavy atom. The van der Waals surface area contributed by atoms with Crippen molar-refractivity contribution in [2.75, 3.05) is 0 Å². The minimum Gasteiger partial charge on any atom is -0.507 e. The first-order chi connectivity index (χ1) is 11.1. The standard InChI is InChI=1S/C21H34O4/c1-19(2,3)15-12-14(13-16(18(15)23)20(4,5)6)10-11-17(22)24-25-21(7,8)9/h12-13,23H,10-11H2,1-9H3. The lowest BCUT2D eigenvalue weighted by Gasteiger charge is -2.28. The van der Waals surface area contributed by atoms with Gasteiger partial charge in [0.25, 0.3) is 0 Å². The molecule has 0 aliphatic rings. The molecule has 1 aromatic carbocycles. The molecule has 0 saturated heterocycles. The number of rotatable bonds is 4. The summed E-state index contributed by atoms with van der Waals surface area (Å²) in [6.45, 7) is 17.9. The van der Waals surface area contributed by atoms with E-state index in [9.17, 15) is 9.90 Å². The van der Waals surface area contributed by atoms with E-state index >= 15 is 0 Å². The maximum Gasteiger partial charge on any atom is 0.342 e. The van der Waals surface area contributed by atoms with Crippen molar-refractivity contribution >= 4 is 5.97 Å². The Hall–Kier alpha value is -1.55. The molecule has 4 heteroatoms. The molecule has 0 radical (unpaired) electrons. The van der Waals surface area contributed by atoms with Crippen LogP contribution in [-0.2, 0) is 31.8 Å². The number of hydrogen-bond donors (Lipinski definition) is 1. The van der Waals surface area contributed by atoms with Gasteiger partial charge in [0, 0.05) is 0 Å². The van der Waals surface area contributed by atoms with Gasteiger partial charge >= 0.3 is 5.97 Å². The molecule has 142 valence electrons. The lowest BCUT2D eigenvalue weighted by molar-refractivity contribution is -0.320. The molecule has 0 aliphatic heterocycles. The quantitative estimate of drug-likeness (QED) is 0.599. The fraction of sp³-hybridized carbons (Fsp3) is 0.667. The first-order valence-corrected chi connectivity index (χ1v) is 8.86. The van der Waals surface area contributed by atoms with E-state index in [2.05, 4.69) is 41.5 Å². The molecular formula is C21H34O4. The van der Waals surface area contributed by atoms with Crippen molar-refractivity contribution in [3.05, 3.63) is 28.8 Å². The fourth-order valence-electron chi connectivity index (χ4n) is 2.44. The monoisotopic (exact) mass is 350 g/mol. The van der Waals surface area contributed by atoms with E-state index in [1.165, 1.54) is 0 Å². The number of carbonyl (C=O) groups excluding carboxylic acids is 1. The summed E-state index contributed by atoms with van der Waals surface area (Å²) in [5, 5.41) is 10.7. The Bertz CT molecular complexity index is 575. The van der Waals surface area contributed by atoms with Crippen LogP contribution < -0.4 is 0 Å². The molecule has 0 amide bonds. The molecule has 1 N–H and O–H groups in total. The molecular weight excluding hydrogens is 316 g/mol. The summed E-state index contributed by atoms with van der Waals surface area (Å²) in [4.78, 5) is 21.8. The van der Waals surface area contributed by atoms with Gasteiger partial charge in [-0.1, -0.05) is 53.7 Å². The zero-order chi connectivity index (χ0) is 19.6. The van der Waals surface area contributed by atoms with Crippen LogP contribution >= 0.6 is 0 Å². The lowest BCUT2D eigenvalue weighted by atomic mass is 9.78. The van der Waals surface area contributed by atoms with E-state index in [1.54, 1.807) is 0 Å². The van der Waals surface area contributed by atoms with Gasteiger partial charge in [-0.05, 0) is 54.7 Å². The van der Waals surface area contributed by atoms with Gasteiger partial charge in [0.15, 0.2) is 0 Å². The van der Waals surface area contributed by atoms with Crippen molar-refractivity contribution in [1.29, 1.82) is 0 Å². The molecule has 4 nitrogen and oxygen atoms in total. The number of aromatic hydroxyl groups is 1. The van der Waals surface area contributed by atoms with Gasteiger partial charge in [-0.15, -0.1) is 0 Å². The number of hydrogen-bond acceptors (Lipinski definition) is 4. The summed E-state index contributed by atoms with van der Waals surface area (Å²) in [6, 6.07) is 3.98. The second-order valence-electron chi connectivity index (χ2n) is 9.69. The van der Waals surface area contributed by atoms with E-state index in [0.29, 0.717) is 12.2 Å². The van der Waals surface area contributed by atoms with Gasteiger partial charge in [0.1, 0.15) is 11.4 Å². The van der Waals surface area contributed by atoms with Crippen LogP contribution in [0.4, 0.5) is 0 Å². The van der Waals surface area contributed by atoms with E-state index in [1.807, 2.05) is 32.9 Å². The Labute approximate surface area is 152 Å². The smallest absolute Gasteiger partial charge is 0.342 e. The van der Waals surface area contributed by atoms with Crippen LogP contribution in [0, 0.1) is 0 Å². The minimum absolute atomic E-state index is 0.185. The molecule has 0 heterocycles. The van der Waals surface area contributed by atoms with Crippen molar-refractivity contribution in [3.63, 3.8) is 0 Å². The second kappa shape index (κ2) is 7.36. The predicted molar refractivity (Wildman–Crippen MR) is 101 cm³/mol. The van der Waals surface area contributed by atoms with Crippen molar-refractivity contribution in [1.82, 2.24) is 0 Å². The first-order valence-electron chi connectivity index (χ1n) is 8.86. The fourth-order valence-corrected chi connectivity index (χ4v) is 2.44. The number of aryl methyl sites for hydroxylation is 1. The molecule has 25 heavy (non-hydrogen) atoms. The molecule has 0 fully saturated rings. The van der Waals surface area contributed by atoms with Crippen LogP contribution in [0.3, 0.4) is 0 Å². The Morgan fingerprint density at radius 3 is 1.72 bits per heavy atom. The van der Waals surface area contributed by atoms with Gasteiger partial charge in [0.05, 0.1) is 6.42 Å². The van der Waals surface area contributed by atoms with Gasteiger partial charge < -0.3 is 5.11 Å². The average molecular weight is 350 g/mol. The van der Waals surface area contributed by atoms with Gasteiger partial charge in [0.2, 0.25) is 0 Å². The summed E-state index contributed by atoms with van der Waals surface area (Å²) in [5.41, 5.74) is 1.92. The molecule has 0 aromatic heterocycles. The molecule has 0 atom stereocenters. The highest BCUT2D eigenvalue weighted by Crippen LogP contribution is 2.39. The molecule has 0 bridgehead atoms. The summed E-state index contributed by atoms with van der Waals surface area (Å²) < 4.78 is 0. The van der Waals surface area contributed by atoms with Crippen LogP contribution in [0.2, 0.25) is 0 Å². The Morgan fingerprint density at radius 2 is 1.36 bits per heavy atom. The van der Waals surface area contributed by atoms with Gasteiger partial charge in [-0.25, -0.2) is 4.79 Å². The lowest BCUT2D eigenvalue weighted by Crippen LogP contribution is -2.22. The summed E-state index contributed by atoms with van der Waals surface area (Å²) in [6.07, 6.45) is 0.771. The van der Waals surface area contributed by atoms with Crippen molar-refractivity contribution < 1.29 is 19.7 Å². The normalized spacial score (nSPS) is 13.0. The molecule has 0 spiro atoms. The van der Waals surface area contributed by atoms with Crippen molar-refractivity contribution in [2.24, 2.45) is 0 Å². The zero-order valence-corrected chi connectivity index (χ0v) is 17.2. The highest BCUT2D eigenvalue weighted by Gasteiger charge is 2.26. The number of phenolic OH excluding ortho intramolecular Hbond substituents is 1. The van der Waals surface area contributed by atoms with Crippen LogP contribution in [0.15, 0.2) is 12.1 Å². The summed E-state index contributed by atoms with van der Waals surface area (Å²) in [7, 11) is 0. The maximum atomic E-state index is 11.9. The summed E-state index contributed by atoms with van der Waals surface area (Å²) >= 11 is 0. The second-order valence-corrected chi connectivity index (χ2v) is 9.69. The van der Waals surface area contributed by atoms with Crippen LogP contribution in [0.1, 0.15) is 85.4 Å². The van der Waals surface area contributed by atoms with Crippen LogP contribution in [-0.4, -0.2) is 16.7 Å². The minimum atomic E-state index is -0.521. The Kier molecular flexibility index (Phi) is 6.33. The molecule has 0 aliphatic carbocycles. The van der Waals surface area contributed by atoms with E-state index in [0.717, 1.165) is 16.7 Å². The van der Waals surface area contributed by atoms with Crippen molar-refractivity contribution in [3.8, 4) is 5.75 Å². The van der Waals surface area contributed by atoms with E-state index in [-0.39, 0.29) is 17.3 Å². The SMILES string of the molecule is CC(C)(C)OOC(=O)CCc1cc(C(C)(C)C)c(O)c(C(C)(C)C)c1. The first kappa shape index (κ1) is 21.5. The molecule has 0 saturated carbocycles. The Balaban J connectivity index is 3.02. The number of benzene rings is 1. The third-order valence-electron chi connectivity index (χ3n) is 3.79. The predicted octanol–water partition coefficient (Wildman–Crippen LogP) is 5.19. The van der Waals surface area contributed by atoms with Crippen LogP contribution in [0.5, 0.6) is 5.75 Å². The third kappa shape index (κ3) is 6.69. The van der Waals surface area contributed by atoms with Gasteiger partial charge in [-0.3, -0.25) is 4.89 Å². The topological polar surface area (TPSA) is 55.8 Å². The van der Waals surface area contributed by atoms with E-state index in [4.69, 9.17) is 9.78 Å². The van der Waals surface area contributed by atoms with Crippen LogP contribution in [0.25, 0.3) is 0 Å². The molecule has 1 aromatic rings. The number of carbonyl (C=O) groups is 1. The highest BCUT2D eigenvalue weighted by molar-refractivity contribution is 5.69. The average Bonchev–Trinajstić information content (AvgIpc) is 2.40. The third-order valence-corrected chi connectivity index (χ3v) is 3.79.